The fraction of sp³-hybridized carbons (Fsp3) is 0.211. The van der Waals surface area contributed by atoms with Crippen molar-refractivity contribution in [3.05, 3.63) is 65.4 Å². The number of pyridine rings is 1. The van der Waals surface area contributed by atoms with E-state index in [1.807, 2.05) is 0 Å². The van der Waals surface area contributed by atoms with E-state index in [9.17, 15) is 14.7 Å². The van der Waals surface area contributed by atoms with Crippen LogP contribution in [0.1, 0.15) is 34.5 Å². The molecule has 0 aliphatic rings. The summed E-state index contributed by atoms with van der Waals surface area (Å²) in [4.78, 5) is 27.7. The standard InChI is InChI=1S/C19H21N3O6/c1-12(24)17(19(26)22-27)21-18(25)16-10-13(8-9-20-16)4-2-3-5-14-6-7-15(11-23)28-14/h2-10,12,17,23-24,27H,11H2,1H3,(H,21,25)(H,22,26)/t12-,17+/m1/s1. The zero-order chi connectivity index (χ0) is 20.5. The molecule has 2 atom stereocenters. The van der Waals surface area contributed by atoms with Crippen LogP contribution in [0, 0.1) is 0 Å². The summed E-state index contributed by atoms with van der Waals surface area (Å²) in [6.07, 6.45) is 7.13. The number of carbonyl (C=O) groups excluding carboxylic acids is 2. The van der Waals surface area contributed by atoms with Crippen molar-refractivity contribution in [1.29, 1.82) is 0 Å². The molecule has 0 aromatic carbocycles. The number of hydrogen-bond donors (Lipinski definition) is 5. The van der Waals surface area contributed by atoms with E-state index >= 15 is 0 Å². The fourth-order valence-corrected chi connectivity index (χ4v) is 2.25. The van der Waals surface area contributed by atoms with Crippen molar-refractivity contribution in [2.45, 2.75) is 25.7 Å². The van der Waals surface area contributed by atoms with Gasteiger partial charge in [-0.25, -0.2) is 5.48 Å². The van der Waals surface area contributed by atoms with Gasteiger partial charge in [0.25, 0.3) is 11.8 Å². The van der Waals surface area contributed by atoms with Gasteiger partial charge in [-0.05, 0) is 42.8 Å². The number of furan rings is 1. The molecule has 0 radical (unpaired) electrons. The Balaban J connectivity index is 2.04. The average molecular weight is 387 g/mol. The van der Waals surface area contributed by atoms with Crippen LogP contribution in [0.5, 0.6) is 0 Å². The first-order chi connectivity index (χ1) is 13.4. The number of aliphatic hydroxyl groups is 2. The third-order valence-electron chi connectivity index (χ3n) is 3.68. The second kappa shape index (κ2) is 10.2. The van der Waals surface area contributed by atoms with E-state index in [-0.39, 0.29) is 12.3 Å². The highest BCUT2D eigenvalue weighted by molar-refractivity contribution is 5.96. The first-order valence-electron chi connectivity index (χ1n) is 8.38. The summed E-state index contributed by atoms with van der Waals surface area (Å²) < 4.78 is 5.32. The Labute approximate surface area is 161 Å². The molecule has 0 aliphatic carbocycles. The van der Waals surface area contributed by atoms with Crippen LogP contribution in [-0.2, 0) is 11.4 Å². The summed E-state index contributed by atoms with van der Waals surface area (Å²) in [5.74, 6) is -0.548. The molecule has 2 aromatic heterocycles. The van der Waals surface area contributed by atoms with Gasteiger partial charge in [0.15, 0.2) is 0 Å². The lowest BCUT2D eigenvalue weighted by Crippen LogP contribution is -2.51. The molecule has 2 aromatic rings. The number of amides is 2. The normalized spacial score (nSPS) is 13.6. The van der Waals surface area contributed by atoms with Gasteiger partial charge in [0.05, 0.1) is 6.10 Å². The van der Waals surface area contributed by atoms with Gasteiger partial charge < -0.3 is 19.9 Å². The Bertz CT molecular complexity index is 872. The molecule has 9 nitrogen and oxygen atoms in total. The third kappa shape index (κ3) is 5.88. The maximum absolute atomic E-state index is 12.3. The molecule has 0 aliphatic heterocycles. The van der Waals surface area contributed by atoms with Crippen molar-refractivity contribution in [3.63, 3.8) is 0 Å². The van der Waals surface area contributed by atoms with E-state index in [1.54, 1.807) is 42.5 Å². The molecule has 0 bridgehead atoms. The minimum Gasteiger partial charge on any atom is -0.459 e. The largest absolute Gasteiger partial charge is 0.459 e. The molecule has 2 amide bonds. The van der Waals surface area contributed by atoms with Gasteiger partial charge in [0.1, 0.15) is 29.9 Å². The van der Waals surface area contributed by atoms with Gasteiger partial charge in [-0.2, -0.15) is 0 Å². The predicted octanol–water partition coefficient (Wildman–Crippen LogP) is 0.878. The second-order valence-corrected chi connectivity index (χ2v) is 5.82. The Morgan fingerprint density at radius 1 is 1.25 bits per heavy atom. The highest BCUT2D eigenvalue weighted by Crippen LogP contribution is 2.10. The molecule has 0 spiro atoms. The lowest BCUT2D eigenvalue weighted by atomic mass is 10.1. The lowest BCUT2D eigenvalue weighted by molar-refractivity contribution is -0.133. The van der Waals surface area contributed by atoms with Crippen LogP contribution >= 0.6 is 0 Å². The van der Waals surface area contributed by atoms with Crippen LogP contribution in [0.15, 0.2) is 47.0 Å². The number of hydrogen-bond acceptors (Lipinski definition) is 7. The molecular formula is C19H21N3O6. The zero-order valence-corrected chi connectivity index (χ0v) is 15.1. The van der Waals surface area contributed by atoms with E-state index in [1.165, 1.54) is 24.7 Å². The van der Waals surface area contributed by atoms with Crippen molar-refractivity contribution >= 4 is 24.0 Å². The number of rotatable bonds is 8. The molecule has 0 fully saturated rings. The summed E-state index contributed by atoms with van der Waals surface area (Å²) in [7, 11) is 0. The van der Waals surface area contributed by atoms with Gasteiger partial charge in [-0.1, -0.05) is 18.2 Å². The molecule has 2 rings (SSSR count). The summed E-state index contributed by atoms with van der Waals surface area (Å²) >= 11 is 0. The quantitative estimate of drug-likeness (QED) is 0.257. The summed E-state index contributed by atoms with van der Waals surface area (Å²) in [6, 6.07) is 5.27. The maximum atomic E-state index is 12.3. The van der Waals surface area contributed by atoms with E-state index in [0.29, 0.717) is 17.1 Å². The van der Waals surface area contributed by atoms with Gasteiger partial charge in [-0.3, -0.25) is 19.8 Å². The summed E-state index contributed by atoms with van der Waals surface area (Å²) in [5, 5.41) is 29.5. The average Bonchev–Trinajstić information content (AvgIpc) is 3.16. The van der Waals surface area contributed by atoms with Crippen LogP contribution in [0.2, 0.25) is 0 Å². The Morgan fingerprint density at radius 3 is 2.64 bits per heavy atom. The van der Waals surface area contributed by atoms with Crippen LogP contribution in [0.25, 0.3) is 12.2 Å². The summed E-state index contributed by atoms with van der Waals surface area (Å²) in [5.41, 5.74) is 2.12. The first-order valence-corrected chi connectivity index (χ1v) is 8.38. The van der Waals surface area contributed by atoms with Crippen molar-refractivity contribution in [3.8, 4) is 0 Å². The fourth-order valence-electron chi connectivity index (χ4n) is 2.25. The molecule has 148 valence electrons. The Hall–Kier alpha value is -3.27. The van der Waals surface area contributed by atoms with Crippen LogP contribution in [0.4, 0.5) is 0 Å². The van der Waals surface area contributed by atoms with Gasteiger partial charge >= 0.3 is 0 Å². The SMILES string of the molecule is C[C@@H](O)[C@H](NC(=O)c1cc(C=CC=Cc2ccc(CO)o2)ccn1)C(=O)NO. The first kappa shape index (κ1) is 21.0. The highest BCUT2D eigenvalue weighted by atomic mass is 16.5. The summed E-state index contributed by atoms with van der Waals surface area (Å²) in [6.45, 7) is 1.14. The number of nitrogens with one attached hydrogen (secondary N) is 2. The number of carbonyl (C=O) groups is 2. The Kier molecular flexibility index (Phi) is 7.64. The van der Waals surface area contributed by atoms with Crippen molar-refractivity contribution in [2.75, 3.05) is 0 Å². The smallest absolute Gasteiger partial charge is 0.270 e. The number of aromatic nitrogens is 1. The molecule has 0 saturated carbocycles. The van der Waals surface area contributed by atoms with Crippen molar-refractivity contribution in [2.24, 2.45) is 0 Å². The Morgan fingerprint density at radius 2 is 2.00 bits per heavy atom. The second-order valence-electron chi connectivity index (χ2n) is 5.82. The van der Waals surface area contributed by atoms with Crippen LogP contribution in [-0.4, -0.2) is 44.4 Å². The topological polar surface area (TPSA) is 145 Å². The molecule has 28 heavy (non-hydrogen) atoms. The molecule has 2 heterocycles. The van der Waals surface area contributed by atoms with Crippen LogP contribution < -0.4 is 10.8 Å². The zero-order valence-electron chi connectivity index (χ0n) is 15.1. The van der Waals surface area contributed by atoms with E-state index in [2.05, 4.69) is 10.3 Å². The van der Waals surface area contributed by atoms with Gasteiger partial charge in [-0.15, -0.1) is 0 Å². The number of allylic oxidation sites excluding steroid dienone is 2. The van der Waals surface area contributed by atoms with E-state index < -0.39 is 24.0 Å². The van der Waals surface area contributed by atoms with Crippen molar-refractivity contribution in [1.82, 2.24) is 15.8 Å². The molecule has 9 heteroatoms. The minimum atomic E-state index is -1.32. The monoisotopic (exact) mass is 387 g/mol. The number of hydroxylamine groups is 1. The van der Waals surface area contributed by atoms with E-state index in [4.69, 9.17) is 14.7 Å². The predicted molar refractivity (Wildman–Crippen MR) is 99.8 cm³/mol. The number of nitrogens with zero attached hydrogens (tertiary/aromatic N) is 1. The molecular weight excluding hydrogens is 366 g/mol. The van der Waals surface area contributed by atoms with E-state index in [0.717, 1.165) is 0 Å². The van der Waals surface area contributed by atoms with Gasteiger partial charge in [0, 0.05) is 6.20 Å². The lowest BCUT2D eigenvalue weighted by Gasteiger charge is -2.18. The molecule has 0 unspecified atom stereocenters. The highest BCUT2D eigenvalue weighted by Gasteiger charge is 2.26. The third-order valence-corrected chi connectivity index (χ3v) is 3.68. The molecule has 0 saturated heterocycles. The number of aliphatic hydroxyl groups excluding tert-OH is 2. The molecule has 5 N–H and O–H groups in total. The van der Waals surface area contributed by atoms with Crippen LogP contribution in [0.3, 0.4) is 0 Å². The minimum absolute atomic E-state index is 0.0427. The van der Waals surface area contributed by atoms with Gasteiger partial charge in [0.2, 0.25) is 0 Å². The van der Waals surface area contributed by atoms with Crippen molar-refractivity contribution < 1.29 is 29.4 Å². The maximum Gasteiger partial charge on any atom is 0.270 e.